The molecular formula is C24H36N6O5S. The molecule has 198 valence electrons. The van der Waals surface area contributed by atoms with Crippen molar-refractivity contribution in [1.29, 1.82) is 0 Å². The average Bonchev–Trinajstić information content (AvgIpc) is 3.54. The van der Waals surface area contributed by atoms with E-state index >= 15 is 0 Å². The molecule has 2 saturated heterocycles. The van der Waals surface area contributed by atoms with Crippen LogP contribution in [-0.4, -0.2) is 110 Å². The molecule has 12 heteroatoms. The zero-order valence-corrected chi connectivity index (χ0v) is 22.4. The van der Waals surface area contributed by atoms with Gasteiger partial charge in [0, 0.05) is 46.3 Å². The molecule has 0 N–H and O–H groups in total. The second-order valence-electron chi connectivity index (χ2n) is 9.55. The summed E-state index contributed by atoms with van der Waals surface area (Å²) in [6.45, 7) is 10.6. The Hall–Kier alpha value is -2.54. The third-order valence-electron chi connectivity index (χ3n) is 6.94. The fraction of sp³-hybridized carbons (Fsp3) is 0.625. The third kappa shape index (κ3) is 5.88. The van der Waals surface area contributed by atoms with Crippen LogP contribution in [0.25, 0.3) is 0 Å². The van der Waals surface area contributed by atoms with E-state index in [0.717, 1.165) is 30.5 Å². The van der Waals surface area contributed by atoms with Crippen molar-refractivity contribution in [3.05, 3.63) is 35.0 Å². The summed E-state index contributed by atoms with van der Waals surface area (Å²) < 4.78 is 38.1. The van der Waals surface area contributed by atoms with Crippen molar-refractivity contribution in [3.8, 4) is 5.75 Å². The number of hydrogen-bond acceptors (Lipinski definition) is 9. The Kier molecular flexibility index (Phi) is 8.28. The van der Waals surface area contributed by atoms with E-state index in [1.807, 2.05) is 0 Å². The molecular weight excluding hydrogens is 484 g/mol. The highest BCUT2D eigenvalue weighted by atomic mass is 32.2. The van der Waals surface area contributed by atoms with Gasteiger partial charge in [-0.2, -0.15) is 9.29 Å². The molecule has 0 aliphatic carbocycles. The van der Waals surface area contributed by atoms with Crippen LogP contribution in [0.1, 0.15) is 40.5 Å². The van der Waals surface area contributed by atoms with Crippen LogP contribution in [0.4, 0.5) is 0 Å². The van der Waals surface area contributed by atoms with Crippen LogP contribution < -0.4 is 4.74 Å². The number of piperazine rings is 1. The number of amides is 1. The molecule has 2 aromatic rings. The lowest BCUT2D eigenvalue weighted by Crippen LogP contribution is -2.50. The van der Waals surface area contributed by atoms with Gasteiger partial charge in [0.15, 0.2) is 5.82 Å². The Morgan fingerprint density at radius 3 is 2.19 bits per heavy atom. The number of aryl methyl sites for hydroxylation is 2. The van der Waals surface area contributed by atoms with Gasteiger partial charge in [-0.05, 0) is 63.0 Å². The SMILES string of the molecule is COc1cc(C)c(S(=O)(=O)N(C)Cc2noc(C(=O)N3CCN(CCN4CCCC4)CC3)n2)c(C)c1. The van der Waals surface area contributed by atoms with Gasteiger partial charge in [-0.3, -0.25) is 9.69 Å². The predicted molar refractivity (Wildman–Crippen MR) is 133 cm³/mol. The predicted octanol–water partition coefficient (Wildman–Crippen LogP) is 1.37. The summed E-state index contributed by atoms with van der Waals surface area (Å²) in [5.41, 5.74) is 1.17. The first kappa shape index (κ1) is 26.5. The summed E-state index contributed by atoms with van der Waals surface area (Å²) in [5, 5.41) is 3.86. The number of sulfonamides is 1. The molecule has 2 aliphatic rings. The number of methoxy groups -OCH3 is 1. The zero-order chi connectivity index (χ0) is 25.9. The van der Waals surface area contributed by atoms with Crippen LogP contribution in [0, 0.1) is 13.8 Å². The summed E-state index contributed by atoms with van der Waals surface area (Å²) in [5.74, 6) is 0.302. The first-order valence-corrected chi connectivity index (χ1v) is 13.8. The van der Waals surface area contributed by atoms with Crippen molar-refractivity contribution in [3.63, 3.8) is 0 Å². The van der Waals surface area contributed by atoms with Crippen molar-refractivity contribution < 1.29 is 22.5 Å². The maximum Gasteiger partial charge on any atom is 0.316 e. The normalized spacial score (nSPS) is 17.8. The topological polar surface area (TPSA) is 112 Å². The van der Waals surface area contributed by atoms with E-state index in [-0.39, 0.29) is 29.1 Å². The molecule has 2 fully saturated rings. The molecule has 0 atom stereocenters. The van der Waals surface area contributed by atoms with E-state index < -0.39 is 10.0 Å². The fourth-order valence-corrected chi connectivity index (χ4v) is 6.41. The molecule has 0 spiro atoms. The van der Waals surface area contributed by atoms with Crippen molar-refractivity contribution in [2.24, 2.45) is 0 Å². The van der Waals surface area contributed by atoms with Gasteiger partial charge in [-0.15, -0.1) is 0 Å². The Balaban J connectivity index is 1.33. The Morgan fingerprint density at radius 2 is 1.61 bits per heavy atom. The minimum absolute atomic E-state index is 0.113. The fourth-order valence-electron chi connectivity index (χ4n) is 4.88. The molecule has 2 aliphatic heterocycles. The third-order valence-corrected chi connectivity index (χ3v) is 9.05. The largest absolute Gasteiger partial charge is 0.497 e. The molecule has 3 heterocycles. The molecule has 1 aromatic heterocycles. The molecule has 11 nitrogen and oxygen atoms in total. The highest BCUT2D eigenvalue weighted by Crippen LogP contribution is 2.28. The van der Waals surface area contributed by atoms with Crippen LogP contribution in [0.3, 0.4) is 0 Å². The first-order valence-electron chi connectivity index (χ1n) is 12.4. The summed E-state index contributed by atoms with van der Waals surface area (Å²) in [7, 11) is -0.824. The van der Waals surface area contributed by atoms with Crippen LogP contribution in [0.2, 0.25) is 0 Å². The van der Waals surface area contributed by atoms with E-state index in [1.165, 1.54) is 33.0 Å². The molecule has 4 rings (SSSR count). The molecule has 1 amide bonds. The standard InChI is InChI=1S/C24H36N6O5S/c1-18-15-20(34-4)16-19(2)22(18)36(32,33)27(3)17-21-25-23(35-26-21)24(31)30-13-11-29(12-14-30)10-9-28-7-5-6-8-28/h15-16H,5-14,17H2,1-4H3. The first-order chi connectivity index (χ1) is 17.2. The molecule has 1 aromatic carbocycles. The van der Waals surface area contributed by atoms with Gasteiger partial charge >= 0.3 is 11.8 Å². The average molecular weight is 521 g/mol. The number of carbonyl (C=O) groups excluding carboxylic acids is 1. The van der Waals surface area contributed by atoms with Crippen LogP contribution in [0.15, 0.2) is 21.6 Å². The number of benzene rings is 1. The number of nitrogens with zero attached hydrogens (tertiary/aromatic N) is 6. The highest BCUT2D eigenvalue weighted by Gasteiger charge is 2.29. The Labute approximate surface area is 213 Å². The van der Waals surface area contributed by atoms with Gasteiger partial charge in [-0.1, -0.05) is 5.16 Å². The number of hydrogen-bond donors (Lipinski definition) is 0. The quantitative estimate of drug-likeness (QED) is 0.484. The van der Waals surface area contributed by atoms with Crippen molar-refractivity contribution in [2.45, 2.75) is 38.1 Å². The molecule has 0 saturated carbocycles. The maximum absolute atomic E-state index is 13.2. The van der Waals surface area contributed by atoms with Gasteiger partial charge in [0.1, 0.15) is 5.75 Å². The summed E-state index contributed by atoms with van der Waals surface area (Å²) >= 11 is 0. The summed E-state index contributed by atoms with van der Waals surface area (Å²) in [4.78, 5) is 23.9. The Morgan fingerprint density at radius 1 is 1.03 bits per heavy atom. The van der Waals surface area contributed by atoms with Gasteiger partial charge in [0.2, 0.25) is 10.0 Å². The smallest absolute Gasteiger partial charge is 0.316 e. The Bertz CT molecular complexity index is 1150. The van der Waals surface area contributed by atoms with Crippen molar-refractivity contribution in [1.82, 2.24) is 29.1 Å². The van der Waals surface area contributed by atoms with E-state index in [0.29, 0.717) is 30.0 Å². The van der Waals surface area contributed by atoms with E-state index in [9.17, 15) is 13.2 Å². The zero-order valence-electron chi connectivity index (χ0n) is 21.6. The van der Waals surface area contributed by atoms with Crippen molar-refractivity contribution >= 4 is 15.9 Å². The van der Waals surface area contributed by atoms with E-state index in [1.54, 1.807) is 38.0 Å². The summed E-state index contributed by atoms with van der Waals surface area (Å²) in [6.07, 6.45) is 2.58. The van der Waals surface area contributed by atoms with Crippen molar-refractivity contribution in [2.75, 3.05) is 66.5 Å². The number of aromatic nitrogens is 2. The second kappa shape index (κ2) is 11.2. The molecule has 0 bridgehead atoms. The molecule has 0 radical (unpaired) electrons. The highest BCUT2D eigenvalue weighted by molar-refractivity contribution is 7.89. The lowest BCUT2D eigenvalue weighted by molar-refractivity contribution is 0.0579. The van der Waals surface area contributed by atoms with Gasteiger partial charge in [0.25, 0.3) is 0 Å². The van der Waals surface area contributed by atoms with Crippen LogP contribution >= 0.6 is 0 Å². The van der Waals surface area contributed by atoms with Gasteiger partial charge in [-0.25, -0.2) is 8.42 Å². The van der Waals surface area contributed by atoms with Gasteiger partial charge < -0.3 is 19.1 Å². The number of likely N-dealkylation sites (tertiary alicyclic amines) is 1. The second-order valence-corrected chi connectivity index (χ2v) is 11.5. The number of carbonyl (C=O) groups is 1. The number of ether oxygens (including phenoxy) is 1. The van der Waals surface area contributed by atoms with E-state index in [4.69, 9.17) is 9.26 Å². The molecule has 36 heavy (non-hydrogen) atoms. The minimum atomic E-state index is -3.82. The van der Waals surface area contributed by atoms with Gasteiger partial charge in [0.05, 0.1) is 18.6 Å². The number of rotatable bonds is 9. The lowest BCUT2D eigenvalue weighted by Gasteiger charge is -2.34. The van der Waals surface area contributed by atoms with E-state index in [2.05, 4.69) is 19.9 Å². The monoisotopic (exact) mass is 520 g/mol. The lowest BCUT2D eigenvalue weighted by atomic mass is 10.1. The summed E-state index contributed by atoms with van der Waals surface area (Å²) in [6, 6.07) is 3.37. The van der Waals surface area contributed by atoms with Crippen LogP contribution in [0.5, 0.6) is 5.75 Å². The minimum Gasteiger partial charge on any atom is -0.497 e. The van der Waals surface area contributed by atoms with Crippen LogP contribution in [-0.2, 0) is 16.6 Å². The molecule has 0 unspecified atom stereocenters. The maximum atomic E-state index is 13.2.